The minimum atomic E-state index is -4.59. The summed E-state index contributed by atoms with van der Waals surface area (Å²) < 4.78 is 72.6. The van der Waals surface area contributed by atoms with E-state index in [-0.39, 0.29) is 29.8 Å². The topological polar surface area (TPSA) is 84.0 Å². The number of sulfonamides is 1. The molecule has 2 aromatic rings. The molecule has 2 aromatic carbocycles. The number of benzene rings is 2. The fourth-order valence-electron chi connectivity index (χ4n) is 4.28. The van der Waals surface area contributed by atoms with Crippen LogP contribution < -0.4 is 0 Å². The molecule has 1 saturated heterocycles. The molecule has 0 N–H and O–H groups in total. The van der Waals surface area contributed by atoms with Gasteiger partial charge < -0.3 is 9.64 Å². The number of hydrogen-bond donors (Lipinski definition) is 0. The van der Waals surface area contributed by atoms with Crippen molar-refractivity contribution >= 4 is 21.9 Å². The van der Waals surface area contributed by atoms with Crippen molar-refractivity contribution in [3.8, 4) is 0 Å². The number of carbonyl (C=O) groups excluding carboxylic acids is 2. The van der Waals surface area contributed by atoms with Gasteiger partial charge in [0.15, 0.2) is 0 Å². The van der Waals surface area contributed by atoms with Crippen molar-refractivity contribution in [3.05, 3.63) is 65.2 Å². The summed E-state index contributed by atoms with van der Waals surface area (Å²) in [6.45, 7) is 4.35. The third-order valence-electron chi connectivity index (χ3n) is 6.65. The van der Waals surface area contributed by atoms with Crippen molar-refractivity contribution in [1.29, 1.82) is 0 Å². The molecule has 1 amide bonds. The van der Waals surface area contributed by atoms with E-state index in [0.717, 1.165) is 24.3 Å². The Bertz CT molecular complexity index is 1200. The van der Waals surface area contributed by atoms with Crippen LogP contribution in [0.15, 0.2) is 53.4 Å². The molecule has 7 nitrogen and oxygen atoms in total. The molecular formula is C26H31F3N2O5S. The Kier molecular flexibility index (Phi) is 9.01. The average Bonchev–Trinajstić information content (AvgIpc) is 2.90. The normalized spacial score (nSPS) is 17.5. The number of piperidine rings is 1. The second kappa shape index (κ2) is 11.6. The summed E-state index contributed by atoms with van der Waals surface area (Å²) >= 11 is 0. The Morgan fingerprint density at radius 2 is 1.73 bits per heavy atom. The van der Waals surface area contributed by atoms with Crippen LogP contribution >= 0.6 is 0 Å². The maximum absolute atomic E-state index is 13.8. The van der Waals surface area contributed by atoms with Crippen molar-refractivity contribution in [2.24, 2.45) is 5.92 Å². The molecule has 2 unspecified atom stereocenters. The molecule has 0 aromatic heterocycles. The van der Waals surface area contributed by atoms with Gasteiger partial charge in [-0.15, -0.1) is 0 Å². The Morgan fingerprint density at radius 3 is 2.27 bits per heavy atom. The van der Waals surface area contributed by atoms with Crippen LogP contribution in [0.4, 0.5) is 13.2 Å². The molecule has 0 radical (unpaired) electrons. The standard InChI is InChI=1S/C26H31F3N2O5S/c1-4-18(2)24(32)30-15-5-6-22(17-30)31(16-19-7-9-20(10-8-19)25(33)36-3)37(34,35)23-13-11-21(12-14-23)26(27,28)29/h7-14,18,22H,4-6,15-17H2,1-3H3. The Balaban J connectivity index is 1.97. The van der Waals surface area contributed by atoms with Crippen LogP contribution in [0.3, 0.4) is 0 Å². The smallest absolute Gasteiger partial charge is 0.416 e. The molecule has 1 fully saturated rings. The van der Waals surface area contributed by atoms with Gasteiger partial charge in [-0.2, -0.15) is 17.5 Å². The van der Waals surface area contributed by atoms with Crippen molar-refractivity contribution in [2.45, 2.75) is 56.8 Å². The first kappa shape index (κ1) is 28.6. The number of likely N-dealkylation sites (tertiary alicyclic amines) is 1. The van der Waals surface area contributed by atoms with Crippen molar-refractivity contribution in [2.75, 3.05) is 20.2 Å². The van der Waals surface area contributed by atoms with E-state index in [4.69, 9.17) is 4.74 Å². The fourth-order valence-corrected chi connectivity index (χ4v) is 5.92. The minimum Gasteiger partial charge on any atom is -0.465 e. The number of amides is 1. The summed E-state index contributed by atoms with van der Waals surface area (Å²) in [6, 6.07) is 9.07. The fraction of sp³-hybridized carbons (Fsp3) is 0.462. The zero-order chi connectivity index (χ0) is 27.4. The van der Waals surface area contributed by atoms with Gasteiger partial charge in [-0.3, -0.25) is 4.79 Å². The van der Waals surface area contributed by atoms with Gasteiger partial charge in [0.1, 0.15) is 0 Å². The van der Waals surface area contributed by atoms with Crippen LogP contribution in [0.25, 0.3) is 0 Å². The lowest BCUT2D eigenvalue weighted by Crippen LogP contribution is -2.52. The van der Waals surface area contributed by atoms with Gasteiger partial charge in [0.2, 0.25) is 15.9 Å². The van der Waals surface area contributed by atoms with Crippen LogP contribution in [0, 0.1) is 5.92 Å². The number of esters is 1. The Hall–Kier alpha value is -2.92. The second-order valence-electron chi connectivity index (χ2n) is 9.15. The lowest BCUT2D eigenvalue weighted by molar-refractivity contribution is -0.138. The number of rotatable bonds is 8. The van der Waals surface area contributed by atoms with Crippen molar-refractivity contribution < 1.29 is 35.9 Å². The molecule has 0 spiro atoms. The van der Waals surface area contributed by atoms with E-state index in [1.54, 1.807) is 17.0 Å². The maximum atomic E-state index is 13.8. The maximum Gasteiger partial charge on any atom is 0.416 e. The SMILES string of the molecule is CCC(C)C(=O)N1CCCC(N(Cc2ccc(C(=O)OC)cc2)S(=O)(=O)c2ccc(C(F)(F)F)cc2)C1. The van der Waals surface area contributed by atoms with E-state index in [0.29, 0.717) is 36.9 Å². The highest BCUT2D eigenvalue weighted by molar-refractivity contribution is 7.89. The molecule has 1 aliphatic heterocycles. The summed E-state index contributed by atoms with van der Waals surface area (Å²) in [5, 5.41) is 0. The van der Waals surface area contributed by atoms with E-state index in [2.05, 4.69) is 0 Å². The van der Waals surface area contributed by atoms with Crippen LogP contribution in [-0.2, 0) is 32.3 Å². The lowest BCUT2D eigenvalue weighted by atomic mass is 10.0. The number of alkyl halides is 3. The molecule has 37 heavy (non-hydrogen) atoms. The average molecular weight is 541 g/mol. The van der Waals surface area contributed by atoms with Gasteiger partial charge in [-0.25, -0.2) is 13.2 Å². The van der Waals surface area contributed by atoms with Crippen LogP contribution in [0.2, 0.25) is 0 Å². The molecule has 0 bridgehead atoms. The zero-order valence-corrected chi connectivity index (χ0v) is 21.8. The molecule has 3 rings (SSSR count). The first-order chi connectivity index (χ1) is 17.4. The summed E-state index contributed by atoms with van der Waals surface area (Å²) in [5.74, 6) is -0.793. The lowest BCUT2D eigenvalue weighted by Gasteiger charge is -2.39. The molecule has 0 aliphatic carbocycles. The summed E-state index contributed by atoms with van der Waals surface area (Å²) in [4.78, 5) is 26.0. The molecule has 2 atom stereocenters. The number of nitrogens with zero attached hydrogens (tertiary/aromatic N) is 2. The van der Waals surface area contributed by atoms with E-state index in [9.17, 15) is 31.2 Å². The van der Waals surface area contributed by atoms with Crippen molar-refractivity contribution in [1.82, 2.24) is 9.21 Å². The van der Waals surface area contributed by atoms with E-state index in [1.807, 2.05) is 13.8 Å². The highest BCUT2D eigenvalue weighted by Crippen LogP contribution is 2.32. The van der Waals surface area contributed by atoms with E-state index in [1.165, 1.54) is 23.5 Å². The number of methoxy groups -OCH3 is 1. The van der Waals surface area contributed by atoms with Gasteiger partial charge in [0, 0.05) is 31.6 Å². The largest absolute Gasteiger partial charge is 0.465 e. The molecule has 202 valence electrons. The van der Waals surface area contributed by atoms with Crippen molar-refractivity contribution in [3.63, 3.8) is 0 Å². The summed E-state index contributed by atoms with van der Waals surface area (Å²) in [7, 11) is -2.98. The van der Waals surface area contributed by atoms with Gasteiger partial charge in [0.25, 0.3) is 0 Å². The Morgan fingerprint density at radius 1 is 1.11 bits per heavy atom. The molecule has 1 heterocycles. The van der Waals surface area contributed by atoms with Crippen LogP contribution in [0.1, 0.15) is 54.6 Å². The van der Waals surface area contributed by atoms with Crippen LogP contribution in [0.5, 0.6) is 0 Å². The Labute approximate surface area is 215 Å². The number of hydrogen-bond acceptors (Lipinski definition) is 5. The van der Waals surface area contributed by atoms with E-state index >= 15 is 0 Å². The first-order valence-electron chi connectivity index (χ1n) is 12.0. The highest BCUT2D eigenvalue weighted by atomic mass is 32.2. The quantitative estimate of drug-likeness (QED) is 0.453. The third kappa shape index (κ3) is 6.70. The summed E-state index contributed by atoms with van der Waals surface area (Å²) in [5.41, 5.74) is -0.0701. The predicted molar refractivity (Wildman–Crippen MR) is 131 cm³/mol. The minimum absolute atomic E-state index is 0.0542. The summed E-state index contributed by atoms with van der Waals surface area (Å²) in [6.07, 6.45) is -2.86. The molecule has 0 saturated carbocycles. The predicted octanol–water partition coefficient (Wildman–Crippen LogP) is 4.72. The second-order valence-corrected chi connectivity index (χ2v) is 11.0. The number of ether oxygens (including phenoxy) is 1. The number of carbonyl (C=O) groups is 2. The molecule has 1 aliphatic rings. The molecule has 11 heteroatoms. The third-order valence-corrected chi connectivity index (χ3v) is 8.56. The first-order valence-corrected chi connectivity index (χ1v) is 13.5. The van der Waals surface area contributed by atoms with Crippen LogP contribution in [-0.4, -0.2) is 55.7 Å². The van der Waals surface area contributed by atoms with Gasteiger partial charge in [-0.05, 0) is 61.2 Å². The van der Waals surface area contributed by atoms with Gasteiger partial charge in [-0.1, -0.05) is 26.0 Å². The zero-order valence-electron chi connectivity index (χ0n) is 21.0. The number of halogens is 3. The van der Waals surface area contributed by atoms with Gasteiger partial charge in [0.05, 0.1) is 23.1 Å². The molecular weight excluding hydrogens is 509 g/mol. The highest BCUT2D eigenvalue weighted by Gasteiger charge is 2.37. The van der Waals surface area contributed by atoms with E-state index < -0.39 is 33.8 Å². The monoisotopic (exact) mass is 540 g/mol. The van der Waals surface area contributed by atoms with Gasteiger partial charge >= 0.3 is 12.1 Å².